The van der Waals surface area contributed by atoms with Crippen LogP contribution in [0.1, 0.15) is 137 Å². The summed E-state index contributed by atoms with van der Waals surface area (Å²) in [6.07, 6.45) is 14.7. The Morgan fingerprint density at radius 1 is 0.434 bits per heavy atom. The molecule has 143 heavy (non-hydrogen) atoms. The molecule has 15 aromatic rings. The van der Waals surface area contributed by atoms with E-state index in [0.29, 0.717) is 158 Å². The van der Waals surface area contributed by atoms with Crippen molar-refractivity contribution in [3.05, 3.63) is 247 Å². The second-order valence-electron chi connectivity index (χ2n) is 39.7. The lowest BCUT2D eigenvalue weighted by molar-refractivity contribution is -0.131. The van der Waals surface area contributed by atoms with Crippen molar-refractivity contribution in [3.8, 4) is 50.8 Å². The monoisotopic (exact) mass is 1930 g/mol. The second kappa shape index (κ2) is 37.5. The Morgan fingerprint density at radius 3 is 1.17 bits per heavy atom. The molecule has 3 saturated heterocycles. The van der Waals surface area contributed by atoms with E-state index in [0.717, 1.165) is 74.3 Å². The van der Waals surface area contributed by atoms with Crippen molar-refractivity contribution in [2.45, 2.75) is 164 Å². The van der Waals surface area contributed by atoms with E-state index in [1.54, 1.807) is 62.6 Å². The molecule has 3 aromatic carbocycles. The van der Waals surface area contributed by atoms with E-state index < -0.39 is 35.0 Å². The minimum absolute atomic E-state index is 0.00486. The molecule has 6 unspecified atom stereocenters. The van der Waals surface area contributed by atoms with Crippen LogP contribution in [0.4, 0.5) is 47.3 Å². The fourth-order valence-corrected chi connectivity index (χ4v) is 22.0. The molecule has 3 fully saturated rings. The lowest BCUT2D eigenvalue weighted by atomic mass is 9.97. The number of amides is 4. The van der Waals surface area contributed by atoms with Crippen molar-refractivity contribution >= 4 is 124 Å². The van der Waals surface area contributed by atoms with Crippen molar-refractivity contribution in [3.63, 3.8) is 0 Å². The fourth-order valence-electron chi connectivity index (χ4n) is 22.0. The number of nitrogens with zero attached hydrogens (tertiary/aromatic N) is 21. The van der Waals surface area contributed by atoms with E-state index >= 15 is 18.0 Å². The molecule has 736 valence electrons. The first kappa shape index (κ1) is 96.3. The highest BCUT2D eigenvalue weighted by Crippen LogP contribution is 2.49. The molecular weight excluding hydrogens is 1820 g/mol. The number of nitrogens with one attached hydrogen (secondary N) is 4. The topological polar surface area (TPSA) is 339 Å². The zero-order chi connectivity index (χ0) is 102. The third-order valence-electron chi connectivity index (χ3n) is 28.9. The van der Waals surface area contributed by atoms with Gasteiger partial charge in [-0.25, -0.2) is 43.1 Å². The maximum Gasteiger partial charge on any atom is 0.282 e. The van der Waals surface area contributed by atoms with Crippen molar-refractivity contribution in [2.24, 2.45) is 0 Å². The molecule has 12 aromatic heterocycles. The van der Waals surface area contributed by atoms with Gasteiger partial charge < -0.3 is 64.4 Å². The maximum absolute atomic E-state index is 16.9. The number of fused-ring (bicyclic) bond motifs is 18. The van der Waals surface area contributed by atoms with E-state index in [9.17, 15) is 28.8 Å². The van der Waals surface area contributed by atoms with Crippen LogP contribution in [-0.4, -0.2) is 240 Å². The lowest BCUT2D eigenvalue weighted by Crippen LogP contribution is -2.64. The molecule has 35 heteroatoms. The highest BCUT2D eigenvalue weighted by Gasteiger charge is 2.48. The molecule has 4 N–H and O–H groups in total. The van der Waals surface area contributed by atoms with Gasteiger partial charge in [0.25, 0.3) is 16.7 Å². The Balaban J connectivity index is 0.000000136. The summed E-state index contributed by atoms with van der Waals surface area (Å²) in [5.41, 5.74) is 17.5. The Morgan fingerprint density at radius 2 is 0.790 bits per heavy atom. The van der Waals surface area contributed by atoms with Crippen LogP contribution < -0.4 is 46.5 Å². The number of aryl methyl sites for hydroxylation is 6. The van der Waals surface area contributed by atoms with E-state index in [2.05, 4.69) is 93.4 Å². The average Bonchev–Trinajstić information content (AvgIpc) is 1.68. The number of halogens is 3. The van der Waals surface area contributed by atoms with Gasteiger partial charge in [-0.05, 0) is 213 Å². The Hall–Kier alpha value is -15.6. The van der Waals surface area contributed by atoms with Gasteiger partial charge >= 0.3 is 0 Å². The van der Waals surface area contributed by atoms with Crippen LogP contribution in [0.25, 0.3) is 117 Å². The maximum atomic E-state index is 16.9. The number of hydrogen-bond donors (Lipinski definition) is 4. The molecule has 18 heterocycles. The first-order valence-corrected chi connectivity index (χ1v) is 48.5. The van der Waals surface area contributed by atoms with Gasteiger partial charge in [0, 0.05) is 129 Å². The van der Waals surface area contributed by atoms with Gasteiger partial charge in [0.15, 0.2) is 16.9 Å². The van der Waals surface area contributed by atoms with Crippen molar-refractivity contribution in [1.29, 1.82) is 0 Å². The number of aromatic nitrogens is 15. The standard InChI is InChI=1S/C39H46FN9O2.C35H37FN8O2.C34H33FN8O3/c1-9-30(50)47-20-26-19-46(16-10-15-45(7)8)37-36(48(26)18-25(47)6)27-17-28(40)33(31-23(4)11-12-29-34(31)43-21-42-29)44-38(27)49(39(37)51)35-24(5)13-14-41-32(35)22(2)3;1-8-26(45)42-16-22-15-41(7)33-32(43(22)14-21(42)6)23-13-24(36)29(27-19(4)9-10-25-30(27)39-17-38-25)40-34(23)44(35(33)46)31-20(5)11-12-37-28(31)18(2)3;1-7-24(44)41-14-23-33(45)40-29-31(42(23)13-19(41)6)20-12-21(35)27(25-17(4)8-9-22-28(25)38-15-37-22)39-32(20)43(34(29)46)30-18(5)10-11-36-26(30)16(2)3/h9,11-14,17,21-22,25-26H,1,10,15-16,18-20H2,2-8H3,(H,42,43);8-13,17-18,21-22H,1,14-16H2,2-7H3,(H,38,39);7-12,15-16,19,23H,1,13-14H2,2-6H3,(H,37,38)(H,40,45). The molecule has 0 spiro atoms. The van der Waals surface area contributed by atoms with E-state index in [1.165, 1.54) is 34.9 Å². The van der Waals surface area contributed by atoms with E-state index in [4.69, 9.17) is 24.9 Å². The number of rotatable bonds is 16. The molecule has 0 aliphatic carbocycles. The lowest BCUT2D eigenvalue weighted by Gasteiger charge is -2.51. The number of hydrogen-bond acceptors (Lipinski definition) is 22. The minimum atomic E-state index is -0.805. The van der Waals surface area contributed by atoms with E-state index in [1.807, 2.05) is 180 Å². The van der Waals surface area contributed by atoms with Gasteiger partial charge in [-0.1, -0.05) is 79.5 Å². The zero-order valence-electron chi connectivity index (χ0n) is 83.6. The number of likely N-dealkylation sites (N-methyl/N-ethyl adjacent to an activating group) is 1. The number of piperazine rings is 3. The van der Waals surface area contributed by atoms with Crippen LogP contribution >= 0.6 is 0 Å². The summed E-state index contributed by atoms with van der Waals surface area (Å²) in [5.74, 6) is -2.66. The predicted octanol–water partition coefficient (Wildman–Crippen LogP) is 15.6. The van der Waals surface area contributed by atoms with Gasteiger partial charge in [0.1, 0.15) is 57.6 Å². The normalized spacial score (nSPS) is 17.7. The summed E-state index contributed by atoms with van der Waals surface area (Å²) >= 11 is 0. The molecule has 0 saturated carbocycles. The fraction of sp³-hybridized carbons (Fsp3) is 0.352. The largest absolute Gasteiger partial charge is 0.366 e. The molecule has 0 radical (unpaired) electrons. The summed E-state index contributed by atoms with van der Waals surface area (Å²) < 4.78 is 54.8. The third kappa shape index (κ3) is 16.2. The van der Waals surface area contributed by atoms with Gasteiger partial charge in [0.05, 0.1) is 122 Å². The third-order valence-corrected chi connectivity index (χ3v) is 28.9. The number of H-pyrrole nitrogens is 3. The van der Waals surface area contributed by atoms with Crippen LogP contribution in [0, 0.1) is 59.0 Å². The van der Waals surface area contributed by atoms with E-state index in [-0.39, 0.29) is 118 Å². The molecule has 6 aliphatic rings. The number of aromatic amines is 3. The Kier molecular flexibility index (Phi) is 25.2. The van der Waals surface area contributed by atoms with Crippen molar-refractivity contribution in [1.82, 2.24) is 93.1 Å². The summed E-state index contributed by atoms with van der Waals surface area (Å²) in [4.78, 5) is 167. The number of pyridine rings is 9. The molecule has 4 amide bonds. The van der Waals surface area contributed by atoms with Gasteiger partial charge in [0.2, 0.25) is 23.6 Å². The summed E-state index contributed by atoms with van der Waals surface area (Å²) in [6.45, 7) is 45.2. The van der Waals surface area contributed by atoms with Crippen molar-refractivity contribution < 1.29 is 32.3 Å². The van der Waals surface area contributed by atoms with Crippen LogP contribution in [0.15, 0.2) is 163 Å². The van der Waals surface area contributed by atoms with Gasteiger partial charge in [-0.3, -0.25) is 62.2 Å². The number of carbonyl (C=O) groups excluding carboxylic acids is 4. The van der Waals surface area contributed by atoms with Crippen LogP contribution in [-0.2, 0) is 19.2 Å². The average molecular weight is 1930 g/mol. The Labute approximate surface area is 823 Å². The van der Waals surface area contributed by atoms with Gasteiger partial charge in [-0.15, -0.1) is 0 Å². The minimum Gasteiger partial charge on any atom is -0.366 e. The summed E-state index contributed by atoms with van der Waals surface area (Å²) in [5, 5.41) is 4.23. The second-order valence-corrected chi connectivity index (χ2v) is 39.7. The number of imidazole rings is 3. The smallest absolute Gasteiger partial charge is 0.282 e. The SMILES string of the molecule is C=CC(=O)N1CC2C(=O)Nc3c(c4cc(F)c(-c5c(C)ccc6[nH]cnc56)nc4n(-c4c(C)ccnc4C(C)C)c3=O)N2CC1C.C=CC(=O)N1CC2CN(C)c3c(c4cc(F)c(-c5c(C)ccc6[nH]cnc56)nc4n(-c4c(C)ccnc4C(C)C)c3=O)N2CC1C.C=CC(=O)N1CC2CN(CCCN(C)C)c3c(c4cc(F)c(-c5c(C)ccc6[nH]cnc56)nc4n(-c4c(C)ccnc4C(C)C)c3=O)N2CC1C. The van der Waals surface area contributed by atoms with Crippen LogP contribution in [0.2, 0.25) is 0 Å². The molecule has 21 rings (SSSR count). The molecular formula is C108H116F3N25O7. The molecule has 6 atom stereocenters. The van der Waals surface area contributed by atoms with Crippen LogP contribution in [0.5, 0.6) is 0 Å². The van der Waals surface area contributed by atoms with Crippen molar-refractivity contribution in [2.75, 3.05) is 116 Å². The molecule has 0 bridgehead atoms. The highest BCUT2D eigenvalue weighted by molar-refractivity contribution is 6.12. The summed E-state index contributed by atoms with van der Waals surface area (Å²) in [7, 11) is 5.94. The highest BCUT2D eigenvalue weighted by atomic mass is 19.1. The molecule has 32 nitrogen and oxygen atoms in total. The van der Waals surface area contributed by atoms with Crippen LogP contribution in [0.3, 0.4) is 0 Å². The first-order chi connectivity index (χ1) is 68.4. The number of carbonyl (C=O) groups is 4. The Bertz CT molecular complexity index is 8030. The molecule has 6 aliphatic heterocycles. The number of benzene rings is 3. The summed E-state index contributed by atoms with van der Waals surface area (Å²) in [6, 6.07) is 19.8. The predicted molar refractivity (Wildman–Crippen MR) is 556 cm³/mol. The van der Waals surface area contributed by atoms with Gasteiger partial charge in [-0.2, -0.15) is 0 Å². The quantitative estimate of drug-likeness (QED) is 0.0653. The zero-order valence-corrected chi connectivity index (χ0v) is 83.6. The first-order valence-electron chi connectivity index (χ1n) is 48.5. The number of anilines is 6.